The molecule has 28 heavy (non-hydrogen) atoms. The summed E-state index contributed by atoms with van der Waals surface area (Å²) in [4.78, 5) is 22.1. The van der Waals surface area contributed by atoms with Gasteiger partial charge in [0, 0.05) is 51.2 Å². The van der Waals surface area contributed by atoms with Crippen molar-refractivity contribution in [3.8, 4) is 0 Å². The van der Waals surface area contributed by atoms with Gasteiger partial charge in [-0.05, 0) is 18.2 Å². The van der Waals surface area contributed by atoms with Crippen molar-refractivity contribution in [3.05, 3.63) is 53.9 Å². The van der Waals surface area contributed by atoms with Gasteiger partial charge in [0.2, 0.25) is 16.0 Å². The van der Waals surface area contributed by atoms with Gasteiger partial charge in [0.25, 0.3) is 5.91 Å². The minimum atomic E-state index is -3.59. The van der Waals surface area contributed by atoms with Crippen LogP contribution in [0.25, 0.3) is 0 Å². The molecule has 0 unspecified atom stereocenters. The van der Waals surface area contributed by atoms with Gasteiger partial charge in [-0.15, -0.1) is 0 Å². The molecule has 11 heteroatoms. The number of sulfonamides is 1. The molecular formula is C17H19F2N5O3S. The maximum atomic E-state index is 13.6. The van der Waals surface area contributed by atoms with Crippen LogP contribution < -0.4 is 10.2 Å². The molecule has 1 amide bonds. The van der Waals surface area contributed by atoms with Crippen LogP contribution in [0.15, 0.2) is 36.7 Å². The molecule has 0 radical (unpaired) electrons. The van der Waals surface area contributed by atoms with Crippen molar-refractivity contribution in [1.82, 2.24) is 19.6 Å². The fourth-order valence-electron chi connectivity index (χ4n) is 2.81. The first-order valence-electron chi connectivity index (χ1n) is 8.60. The van der Waals surface area contributed by atoms with E-state index >= 15 is 0 Å². The molecule has 150 valence electrons. The second-order valence-electron chi connectivity index (χ2n) is 6.13. The van der Waals surface area contributed by atoms with Gasteiger partial charge < -0.3 is 10.2 Å². The number of amides is 1. The Balaban J connectivity index is 1.50. The molecular weight excluding hydrogens is 392 g/mol. The van der Waals surface area contributed by atoms with Gasteiger partial charge >= 0.3 is 0 Å². The van der Waals surface area contributed by atoms with E-state index in [1.807, 2.05) is 4.90 Å². The standard InChI is InChI=1S/C17H19F2N5O3S/c18-13-2-3-14(15(19)12-13)16(25)20-6-11-28(26,27)24-9-7-23(8-10-24)17-21-4-1-5-22-17/h1-5,12H,6-11H2,(H,20,25). The molecule has 0 bridgehead atoms. The van der Waals surface area contributed by atoms with E-state index in [-0.39, 0.29) is 31.0 Å². The van der Waals surface area contributed by atoms with Gasteiger partial charge in [-0.2, -0.15) is 4.31 Å². The molecule has 1 aromatic carbocycles. The highest BCUT2D eigenvalue weighted by molar-refractivity contribution is 7.89. The number of nitrogens with one attached hydrogen (secondary N) is 1. The van der Waals surface area contributed by atoms with Crippen molar-refractivity contribution < 1.29 is 22.0 Å². The third kappa shape index (κ3) is 4.78. The predicted molar refractivity (Wildman–Crippen MR) is 98.3 cm³/mol. The average molecular weight is 411 g/mol. The summed E-state index contributed by atoms with van der Waals surface area (Å²) in [6, 6.07) is 4.28. The summed E-state index contributed by atoms with van der Waals surface area (Å²) in [5, 5.41) is 2.35. The summed E-state index contributed by atoms with van der Waals surface area (Å²) in [6.45, 7) is 1.29. The molecule has 8 nitrogen and oxygen atoms in total. The zero-order chi connectivity index (χ0) is 20.1. The number of benzene rings is 1. The molecule has 1 aromatic heterocycles. The smallest absolute Gasteiger partial charge is 0.254 e. The van der Waals surface area contributed by atoms with Crippen molar-refractivity contribution in [2.24, 2.45) is 0 Å². The van der Waals surface area contributed by atoms with Gasteiger partial charge in [-0.1, -0.05) is 0 Å². The molecule has 0 spiro atoms. The van der Waals surface area contributed by atoms with E-state index in [1.165, 1.54) is 4.31 Å². The molecule has 1 aliphatic rings. The summed E-state index contributed by atoms with van der Waals surface area (Å²) in [5.74, 6) is -2.35. The number of nitrogens with zero attached hydrogens (tertiary/aromatic N) is 4. The third-order valence-electron chi connectivity index (χ3n) is 4.29. The first-order chi connectivity index (χ1) is 13.4. The number of aromatic nitrogens is 2. The molecule has 2 aromatic rings. The SMILES string of the molecule is O=C(NCCS(=O)(=O)N1CCN(c2ncccn2)CC1)c1ccc(F)cc1F. The third-order valence-corrected chi connectivity index (χ3v) is 6.16. The fourth-order valence-corrected chi connectivity index (χ4v) is 4.15. The summed E-state index contributed by atoms with van der Waals surface area (Å²) < 4.78 is 52.7. The van der Waals surface area contributed by atoms with Crippen LogP contribution in [-0.2, 0) is 10.0 Å². The van der Waals surface area contributed by atoms with Gasteiger partial charge in [0.1, 0.15) is 11.6 Å². The van der Waals surface area contributed by atoms with Crippen molar-refractivity contribution in [2.45, 2.75) is 0 Å². The zero-order valence-electron chi connectivity index (χ0n) is 14.9. The minimum absolute atomic E-state index is 0.181. The van der Waals surface area contributed by atoms with E-state index in [1.54, 1.807) is 18.5 Å². The Labute approximate surface area is 161 Å². The lowest BCUT2D eigenvalue weighted by atomic mass is 10.2. The van der Waals surface area contributed by atoms with Crippen molar-refractivity contribution in [2.75, 3.05) is 43.4 Å². The second-order valence-corrected chi connectivity index (χ2v) is 8.22. The average Bonchev–Trinajstić information content (AvgIpc) is 2.68. The summed E-state index contributed by atoms with van der Waals surface area (Å²) >= 11 is 0. The Morgan fingerprint density at radius 1 is 1.11 bits per heavy atom. The van der Waals surface area contributed by atoms with Gasteiger partial charge in [-0.25, -0.2) is 27.2 Å². The lowest BCUT2D eigenvalue weighted by molar-refractivity contribution is 0.0952. The molecule has 2 heterocycles. The number of carbonyl (C=O) groups is 1. The Kier molecular flexibility index (Phi) is 6.15. The predicted octanol–water partition coefficient (Wildman–Crippen LogP) is 0.637. The van der Waals surface area contributed by atoms with Crippen LogP contribution in [0, 0.1) is 11.6 Å². The minimum Gasteiger partial charge on any atom is -0.351 e. The quantitative estimate of drug-likeness (QED) is 0.750. The van der Waals surface area contributed by atoms with Crippen LogP contribution in [0.5, 0.6) is 0 Å². The molecule has 1 fully saturated rings. The number of halogens is 2. The first kappa shape index (κ1) is 20.1. The first-order valence-corrected chi connectivity index (χ1v) is 10.2. The Morgan fingerprint density at radius 3 is 2.43 bits per heavy atom. The molecule has 0 aliphatic carbocycles. The van der Waals surface area contributed by atoms with E-state index in [2.05, 4.69) is 15.3 Å². The van der Waals surface area contributed by atoms with E-state index in [0.29, 0.717) is 25.1 Å². The number of rotatable bonds is 6. The molecule has 1 aliphatic heterocycles. The van der Waals surface area contributed by atoms with Crippen LogP contribution in [0.4, 0.5) is 14.7 Å². The highest BCUT2D eigenvalue weighted by Gasteiger charge is 2.27. The zero-order valence-corrected chi connectivity index (χ0v) is 15.7. The highest BCUT2D eigenvalue weighted by Crippen LogP contribution is 2.13. The maximum absolute atomic E-state index is 13.6. The number of piperazine rings is 1. The normalized spacial score (nSPS) is 15.4. The largest absolute Gasteiger partial charge is 0.351 e. The van der Waals surface area contributed by atoms with E-state index in [9.17, 15) is 22.0 Å². The topological polar surface area (TPSA) is 95.5 Å². The van der Waals surface area contributed by atoms with Gasteiger partial charge in [-0.3, -0.25) is 4.79 Å². The molecule has 1 saturated heterocycles. The Bertz CT molecular complexity index is 935. The highest BCUT2D eigenvalue weighted by atomic mass is 32.2. The van der Waals surface area contributed by atoms with Crippen molar-refractivity contribution >= 4 is 21.9 Å². The van der Waals surface area contributed by atoms with Crippen LogP contribution in [-0.4, -0.2) is 67.1 Å². The molecule has 3 rings (SSSR count). The van der Waals surface area contributed by atoms with E-state index in [0.717, 1.165) is 12.1 Å². The molecule has 0 saturated carbocycles. The van der Waals surface area contributed by atoms with Crippen molar-refractivity contribution in [3.63, 3.8) is 0 Å². The summed E-state index contributed by atoms with van der Waals surface area (Å²) in [7, 11) is -3.59. The lowest BCUT2D eigenvalue weighted by Gasteiger charge is -2.33. The maximum Gasteiger partial charge on any atom is 0.254 e. The lowest BCUT2D eigenvalue weighted by Crippen LogP contribution is -2.50. The molecule has 0 atom stereocenters. The Morgan fingerprint density at radius 2 is 1.79 bits per heavy atom. The van der Waals surface area contributed by atoms with Crippen LogP contribution in [0.2, 0.25) is 0 Å². The van der Waals surface area contributed by atoms with Crippen LogP contribution in [0.3, 0.4) is 0 Å². The van der Waals surface area contributed by atoms with E-state index < -0.39 is 27.6 Å². The van der Waals surface area contributed by atoms with Gasteiger partial charge in [0.15, 0.2) is 0 Å². The van der Waals surface area contributed by atoms with Gasteiger partial charge in [0.05, 0.1) is 11.3 Å². The number of hydrogen-bond acceptors (Lipinski definition) is 6. The van der Waals surface area contributed by atoms with E-state index in [4.69, 9.17) is 0 Å². The van der Waals surface area contributed by atoms with Crippen LogP contribution >= 0.6 is 0 Å². The monoisotopic (exact) mass is 411 g/mol. The molecule has 1 N–H and O–H groups in total. The summed E-state index contributed by atoms with van der Waals surface area (Å²) in [6.07, 6.45) is 3.25. The number of carbonyl (C=O) groups excluding carboxylic acids is 1. The number of anilines is 1. The second kappa shape index (κ2) is 8.57. The number of hydrogen-bond donors (Lipinski definition) is 1. The Hall–Kier alpha value is -2.66. The van der Waals surface area contributed by atoms with Crippen LogP contribution in [0.1, 0.15) is 10.4 Å². The van der Waals surface area contributed by atoms with Crippen molar-refractivity contribution in [1.29, 1.82) is 0 Å². The summed E-state index contributed by atoms with van der Waals surface area (Å²) in [5.41, 5.74) is -0.338. The fraction of sp³-hybridized carbons (Fsp3) is 0.353.